The molecule has 0 radical (unpaired) electrons. The molecule has 0 bridgehead atoms. The summed E-state index contributed by atoms with van der Waals surface area (Å²) in [4.78, 5) is 4.20. The van der Waals surface area contributed by atoms with Gasteiger partial charge in [0.2, 0.25) is 5.89 Å². The van der Waals surface area contributed by atoms with Crippen LogP contribution in [0.3, 0.4) is 0 Å². The summed E-state index contributed by atoms with van der Waals surface area (Å²) in [6.07, 6.45) is 0. The Morgan fingerprint density at radius 3 is 2.09 bits per heavy atom. The molecule has 0 saturated carbocycles. The highest BCUT2D eigenvalue weighted by Gasteiger charge is 2.28. The standard InChI is InChI=1S/C17H24N2O3S/c1-11(2)15-8-6-14(7-9-15)10-23(20,21)13(5)17-18-16(12(3)4)19-22-17/h6-9,11-13H,10H2,1-5H3/t13-/m0/s1. The zero-order chi connectivity index (χ0) is 17.2. The third-order valence-electron chi connectivity index (χ3n) is 3.87. The van der Waals surface area contributed by atoms with Gasteiger partial charge in [0.15, 0.2) is 15.7 Å². The minimum absolute atomic E-state index is 0.0358. The van der Waals surface area contributed by atoms with E-state index < -0.39 is 15.1 Å². The maximum atomic E-state index is 12.6. The van der Waals surface area contributed by atoms with Crippen molar-refractivity contribution in [1.29, 1.82) is 0 Å². The SMILES string of the molecule is CC(C)c1ccc(CS(=O)(=O)[C@@H](C)c2nc(C(C)C)no2)cc1. The third-order valence-corrected chi connectivity index (χ3v) is 5.89. The molecular formula is C17H24N2O3S. The molecule has 5 nitrogen and oxygen atoms in total. The number of hydrogen-bond donors (Lipinski definition) is 0. The van der Waals surface area contributed by atoms with E-state index in [1.54, 1.807) is 6.92 Å². The number of nitrogens with zero attached hydrogens (tertiary/aromatic N) is 2. The average molecular weight is 336 g/mol. The number of rotatable bonds is 6. The lowest BCUT2D eigenvalue weighted by atomic mass is 10.0. The lowest BCUT2D eigenvalue weighted by Crippen LogP contribution is -2.13. The second-order valence-corrected chi connectivity index (χ2v) is 8.81. The van der Waals surface area contributed by atoms with E-state index in [1.807, 2.05) is 38.1 Å². The van der Waals surface area contributed by atoms with Crippen molar-refractivity contribution in [2.24, 2.45) is 0 Å². The Bertz CT molecular complexity index is 746. The highest BCUT2D eigenvalue weighted by Crippen LogP contribution is 2.26. The molecule has 0 fully saturated rings. The van der Waals surface area contributed by atoms with Crippen LogP contribution in [0.25, 0.3) is 0 Å². The van der Waals surface area contributed by atoms with Gasteiger partial charge in [-0.1, -0.05) is 57.1 Å². The summed E-state index contributed by atoms with van der Waals surface area (Å²) in [7, 11) is -3.41. The van der Waals surface area contributed by atoms with Crippen molar-refractivity contribution < 1.29 is 12.9 Å². The van der Waals surface area contributed by atoms with E-state index in [0.717, 1.165) is 5.56 Å². The van der Waals surface area contributed by atoms with Gasteiger partial charge in [0.1, 0.15) is 5.25 Å². The van der Waals surface area contributed by atoms with Crippen molar-refractivity contribution in [2.45, 2.75) is 57.5 Å². The van der Waals surface area contributed by atoms with Crippen LogP contribution in [0, 0.1) is 0 Å². The topological polar surface area (TPSA) is 73.1 Å². The summed E-state index contributed by atoms with van der Waals surface area (Å²) >= 11 is 0. The molecule has 0 aliphatic heterocycles. The number of hydrogen-bond acceptors (Lipinski definition) is 5. The Labute approximate surface area is 138 Å². The molecule has 126 valence electrons. The highest BCUT2D eigenvalue weighted by atomic mass is 32.2. The van der Waals surface area contributed by atoms with Crippen molar-refractivity contribution >= 4 is 9.84 Å². The highest BCUT2D eigenvalue weighted by molar-refractivity contribution is 7.90. The Morgan fingerprint density at radius 2 is 1.61 bits per heavy atom. The van der Waals surface area contributed by atoms with Gasteiger partial charge in [-0.3, -0.25) is 0 Å². The van der Waals surface area contributed by atoms with Crippen LogP contribution in [0.1, 0.15) is 74.5 Å². The van der Waals surface area contributed by atoms with E-state index in [1.165, 1.54) is 5.56 Å². The van der Waals surface area contributed by atoms with Crippen LogP contribution in [0.2, 0.25) is 0 Å². The second kappa shape index (κ2) is 6.83. The average Bonchev–Trinajstić information content (AvgIpc) is 2.96. The van der Waals surface area contributed by atoms with Crippen LogP contribution in [0.15, 0.2) is 28.8 Å². The van der Waals surface area contributed by atoms with Crippen molar-refractivity contribution in [3.63, 3.8) is 0 Å². The van der Waals surface area contributed by atoms with Crippen LogP contribution in [-0.2, 0) is 15.6 Å². The fraction of sp³-hybridized carbons (Fsp3) is 0.529. The Kier molecular flexibility index (Phi) is 5.24. The molecule has 1 aromatic carbocycles. The summed E-state index contributed by atoms with van der Waals surface area (Å²) in [6.45, 7) is 9.68. The van der Waals surface area contributed by atoms with Crippen LogP contribution in [0.4, 0.5) is 0 Å². The predicted octanol–water partition coefficient (Wildman–Crippen LogP) is 3.99. The summed E-state index contributed by atoms with van der Waals surface area (Å²) in [5.41, 5.74) is 1.96. The normalized spacial score (nSPS) is 13.7. The Hall–Kier alpha value is -1.69. The quantitative estimate of drug-likeness (QED) is 0.797. The molecule has 0 aliphatic rings. The van der Waals surface area contributed by atoms with Gasteiger partial charge in [0.25, 0.3) is 0 Å². The molecule has 0 aliphatic carbocycles. The van der Waals surface area contributed by atoms with Gasteiger partial charge < -0.3 is 4.52 Å². The molecule has 6 heteroatoms. The van der Waals surface area contributed by atoms with E-state index in [4.69, 9.17) is 4.52 Å². The van der Waals surface area contributed by atoms with E-state index in [2.05, 4.69) is 24.0 Å². The van der Waals surface area contributed by atoms with Gasteiger partial charge in [0.05, 0.1) is 5.75 Å². The molecule has 23 heavy (non-hydrogen) atoms. The Morgan fingerprint density at radius 1 is 1.00 bits per heavy atom. The van der Waals surface area contributed by atoms with E-state index in [-0.39, 0.29) is 17.6 Å². The molecule has 1 heterocycles. The first-order valence-corrected chi connectivity index (χ1v) is 9.56. The molecule has 0 unspecified atom stereocenters. The summed E-state index contributed by atoms with van der Waals surface area (Å²) in [6, 6.07) is 7.69. The number of sulfone groups is 1. The van der Waals surface area contributed by atoms with Crippen LogP contribution < -0.4 is 0 Å². The zero-order valence-corrected chi connectivity index (χ0v) is 15.1. The zero-order valence-electron chi connectivity index (χ0n) is 14.3. The number of aromatic nitrogens is 2. The first-order chi connectivity index (χ1) is 10.7. The van der Waals surface area contributed by atoms with Crippen LogP contribution in [0.5, 0.6) is 0 Å². The van der Waals surface area contributed by atoms with E-state index in [0.29, 0.717) is 11.7 Å². The lowest BCUT2D eigenvalue weighted by Gasteiger charge is -2.10. The molecule has 0 spiro atoms. The molecule has 2 aromatic rings. The van der Waals surface area contributed by atoms with Crippen LogP contribution in [-0.4, -0.2) is 18.6 Å². The predicted molar refractivity (Wildman–Crippen MR) is 90.0 cm³/mol. The van der Waals surface area contributed by atoms with E-state index >= 15 is 0 Å². The van der Waals surface area contributed by atoms with Gasteiger partial charge in [-0.25, -0.2) is 8.42 Å². The maximum Gasteiger partial charge on any atom is 0.244 e. The number of benzene rings is 1. The van der Waals surface area contributed by atoms with Gasteiger partial charge in [-0.15, -0.1) is 0 Å². The summed E-state index contributed by atoms with van der Waals surface area (Å²) in [5.74, 6) is 1.18. The molecule has 0 N–H and O–H groups in total. The van der Waals surface area contributed by atoms with E-state index in [9.17, 15) is 8.42 Å². The third kappa shape index (κ3) is 4.19. The van der Waals surface area contributed by atoms with Crippen molar-refractivity contribution in [3.05, 3.63) is 47.1 Å². The molecular weight excluding hydrogens is 312 g/mol. The lowest BCUT2D eigenvalue weighted by molar-refractivity contribution is 0.369. The second-order valence-electron chi connectivity index (χ2n) is 6.49. The summed E-state index contributed by atoms with van der Waals surface area (Å²) in [5, 5.41) is 3.03. The maximum absolute atomic E-state index is 12.6. The van der Waals surface area contributed by atoms with Gasteiger partial charge >= 0.3 is 0 Å². The smallest absolute Gasteiger partial charge is 0.244 e. The van der Waals surface area contributed by atoms with Crippen molar-refractivity contribution in [2.75, 3.05) is 0 Å². The molecule has 0 saturated heterocycles. The molecule has 0 amide bonds. The minimum Gasteiger partial charge on any atom is -0.338 e. The van der Waals surface area contributed by atoms with Gasteiger partial charge in [0, 0.05) is 5.92 Å². The van der Waals surface area contributed by atoms with Gasteiger partial charge in [-0.05, 0) is 24.0 Å². The first kappa shape index (κ1) is 17.7. The summed E-state index contributed by atoms with van der Waals surface area (Å²) < 4.78 is 30.3. The fourth-order valence-electron chi connectivity index (χ4n) is 2.16. The molecule has 1 aromatic heterocycles. The van der Waals surface area contributed by atoms with Crippen molar-refractivity contribution in [1.82, 2.24) is 10.1 Å². The minimum atomic E-state index is -3.41. The van der Waals surface area contributed by atoms with Gasteiger partial charge in [-0.2, -0.15) is 4.98 Å². The molecule has 1 atom stereocenters. The van der Waals surface area contributed by atoms with Crippen LogP contribution >= 0.6 is 0 Å². The Balaban J connectivity index is 2.16. The fourth-order valence-corrected chi connectivity index (χ4v) is 3.47. The monoisotopic (exact) mass is 336 g/mol. The molecule has 2 rings (SSSR count). The largest absolute Gasteiger partial charge is 0.338 e. The first-order valence-electron chi connectivity index (χ1n) is 7.84. The van der Waals surface area contributed by atoms with Crippen molar-refractivity contribution in [3.8, 4) is 0 Å².